The molecule has 0 saturated carbocycles. The van der Waals surface area contributed by atoms with E-state index in [1.807, 2.05) is 0 Å². The molecule has 0 aliphatic heterocycles. The van der Waals surface area contributed by atoms with E-state index < -0.39 is 0 Å². The van der Waals surface area contributed by atoms with Crippen LogP contribution in [-0.2, 0) is 6.54 Å². The molecule has 3 aromatic rings. The van der Waals surface area contributed by atoms with Crippen molar-refractivity contribution in [1.29, 1.82) is 0 Å². The summed E-state index contributed by atoms with van der Waals surface area (Å²) < 4.78 is 18.0. The highest BCUT2D eigenvalue weighted by atomic mass is 19.1. The van der Waals surface area contributed by atoms with E-state index in [1.165, 1.54) is 18.3 Å². The lowest BCUT2D eigenvalue weighted by molar-refractivity contribution is 0.102. The number of rotatable bonds is 6. The van der Waals surface area contributed by atoms with Gasteiger partial charge in [0.05, 0.1) is 12.7 Å². The molecule has 6 heteroatoms. The molecule has 0 aliphatic rings. The fourth-order valence-corrected chi connectivity index (χ4v) is 2.33. The Morgan fingerprint density at radius 3 is 2.62 bits per heavy atom. The number of carbonyl (C=O) groups excluding carboxylic acids is 1. The lowest BCUT2D eigenvalue weighted by atomic mass is 10.2. The van der Waals surface area contributed by atoms with Crippen LogP contribution in [0.2, 0.25) is 0 Å². The number of halogens is 1. The van der Waals surface area contributed by atoms with E-state index in [9.17, 15) is 9.18 Å². The Kier molecular flexibility index (Phi) is 5.43. The average Bonchev–Trinajstić information content (AvgIpc) is 2.68. The quantitative estimate of drug-likeness (QED) is 0.702. The summed E-state index contributed by atoms with van der Waals surface area (Å²) in [4.78, 5) is 16.5. The van der Waals surface area contributed by atoms with Gasteiger partial charge in [0, 0.05) is 24.5 Å². The predicted molar refractivity (Wildman–Crippen MR) is 98.9 cm³/mol. The zero-order valence-electron chi connectivity index (χ0n) is 14.2. The Morgan fingerprint density at radius 1 is 1.12 bits per heavy atom. The summed E-state index contributed by atoms with van der Waals surface area (Å²) in [6.07, 6.45) is 1.50. The van der Waals surface area contributed by atoms with Crippen LogP contribution in [0.3, 0.4) is 0 Å². The number of hydrogen-bond acceptors (Lipinski definition) is 4. The number of aromatic nitrogens is 1. The maximum Gasteiger partial charge on any atom is 0.257 e. The molecule has 26 heavy (non-hydrogen) atoms. The van der Waals surface area contributed by atoms with Crippen LogP contribution in [0.5, 0.6) is 5.75 Å². The Morgan fingerprint density at radius 2 is 1.92 bits per heavy atom. The molecule has 2 N–H and O–H groups in total. The number of hydrogen-bond donors (Lipinski definition) is 2. The lowest BCUT2D eigenvalue weighted by Crippen LogP contribution is -2.12. The number of pyridine rings is 1. The topological polar surface area (TPSA) is 63.2 Å². The van der Waals surface area contributed by atoms with Gasteiger partial charge in [0.2, 0.25) is 0 Å². The van der Waals surface area contributed by atoms with Gasteiger partial charge in [-0.3, -0.25) is 4.79 Å². The number of methoxy groups -OCH3 is 1. The van der Waals surface area contributed by atoms with Gasteiger partial charge < -0.3 is 15.4 Å². The van der Waals surface area contributed by atoms with Gasteiger partial charge in [-0.1, -0.05) is 18.2 Å². The first-order valence-electron chi connectivity index (χ1n) is 8.04. The molecule has 0 bridgehead atoms. The monoisotopic (exact) mass is 351 g/mol. The molecule has 132 valence electrons. The maximum atomic E-state index is 12.9. The zero-order chi connectivity index (χ0) is 18.4. The predicted octanol–water partition coefficient (Wildman–Crippen LogP) is 4.09. The molecule has 1 aromatic heterocycles. The molecule has 2 aromatic carbocycles. The van der Waals surface area contributed by atoms with Crippen molar-refractivity contribution < 1.29 is 13.9 Å². The summed E-state index contributed by atoms with van der Waals surface area (Å²) in [5, 5.41) is 5.93. The first kappa shape index (κ1) is 17.4. The molecule has 0 fully saturated rings. The zero-order valence-corrected chi connectivity index (χ0v) is 14.2. The van der Waals surface area contributed by atoms with Crippen LogP contribution in [0, 0.1) is 5.82 Å². The number of carbonyl (C=O) groups is 1. The van der Waals surface area contributed by atoms with Gasteiger partial charge >= 0.3 is 0 Å². The van der Waals surface area contributed by atoms with E-state index in [4.69, 9.17) is 4.74 Å². The largest absolute Gasteiger partial charge is 0.497 e. The molecule has 0 saturated heterocycles. The molecular weight excluding hydrogens is 333 g/mol. The van der Waals surface area contributed by atoms with Gasteiger partial charge in [-0.05, 0) is 42.0 Å². The average molecular weight is 351 g/mol. The first-order chi connectivity index (χ1) is 12.6. The second-order valence-electron chi connectivity index (χ2n) is 5.60. The third kappa shape index (κ3) is 4.57. The third-order valence-electron chi connectivity index (χ3n) is 3.74. The van der Waals surface area contributed by atoms with E-state index >= 15 is 0 Å². The number of ether oxygens (including phenoxy) is 1. The van der Waals surface area contributed by atoms with Crippen LogP contribution in [0.4, 0.5) is 15.9 Å². The molecule has 1 amide bonds. The van der Waals surface area contributed by atoms with Crippen molar-refractivity contribution in [2.75, 3.05) is 17.7 Å². The summed E-state index contributed by atoms with van der Waals surface area (Å²) >= 11 is 0. The molecule has 0 atom stereocenters. The van der Waals surface area contributed by atoms with Crippen LogP contribution in [-0.4, -0.2) is 18.0 Å². The lowest BCUT2D eigenvalue weighted by Gasteiger charge is -2.08. The minimum absolute atomic E-state index is 0.254. The van der Waals surface area contributed by atoms with E-state index in [0.29, 0.717) is 29.4 Å². The van der Waals surface area contributed by atoms with Crippen molar-refractivity contribution >= 4 is 17.4 Å². The summed E-state index contributed by atoms with van der Waals surface area (Å²) in [6.45, 7) is 0.517. The Labute approximate surface area is 150 Å². The number of amides is 1. The van der Waals surface area contributed by atoms with Gasteiger partial charge in [-0.15, -0.1) is 0 Å². The van der Waals surface area contributed by atoms with Crippen molar-refractivity contribution in [2.45, 2.75) is 6.54 Å². The number of benzene rings is 2. The smallest absolute Gasteiger partial charge is 0.257 e. The highest BCUT2D eigenvalue weighted by molar-refractivity contribution is 6.04. The fourth-order valence-electron chi connectivity index (χ4n) is 2.33. The summed E-state index contributed by atoms with van der Waals surface area (Å²) in [7, 11) is 1.57. The first-order valence-corrected chi connectivity index (χ1v) is 8.04. The number of nitrogens with one attached hydrogen (secondary N) is 2. The molecule has 0 unspecified atom stereocenters. The van der Waals surface area contributed by atoms with Gasteiger partial charge in [-0.2, -0.15) is 0 Å². The van der Waals surface area contributed by atoms with E-state index in [-0.39, 0.29) is 11.7 Å². The van der Waals surface area contributed by atoms with Gasteiger partial charge in [0.15, 0.2) is 0 Å². The molecule has 0 spiro atoms. The molecule has 3 rings (SSSR count). The van der Waals surface area contributed by atoms with Gasteiger partial charge in [-0.25, -0.2) is 9.37 Å². The molecule has 1 heterocycles. The van der Waals surface area contributed by atoms with Gasteiger partial charge in [0.25, 0.3) is 5.91 Å². The normalized spacial score (nSPS) is 10.2. The van der Waals surface area contributed by atoms with Crippen LogP contribution in [0.15, 0.2) is 66.9 Å². The Hall–Kier alpha value is -3.41. The molecule has 5 nitrogen and oxygen atoms in total. The summed E-state index contributed by atoms with van der Waals surface area (Å²) in [6, 6.07) is 16.8. The van der Waals surface area contributed by atoms with E-state index in [0.717, 1.165) is 5.56 Å². The highest BCUT2D eigenvalue weighted by Gasteiger charge is 2.07. The van der Waals surface area contributed by atoms with Crippen LogP contribution in [0.1, 0.15) is 15.9 Å². The Balaban J connectivity index is 1.59. The number of nitrogens with zero attached hydrogens (tertiary/aromatic N) is 1. The second-order valence-corrected chi connectivity index (χ2v) is 5.60. The van der Waals surface area contributed by atoms with Gasteiger partial charge in [0.1, 0.15) is 17.4 Å². The van der Waals surface area contributed by atoms with E-state index in [2.05, 4.69) is 15.6 Å². The van der Waals surface area contributed by atoms with E-state index in [1.54, 1.807) is 55.6 Å². The number of anilines is 2. The second kappa shape index (κ2) is 8.11. The fraction of sp³-hybridized carbons (Fsp3) is 0.100. The standard InChI is InChI=1S/C20H18FN3O2/c1-26-18-4-2-3-17(11-18)24-20(25)15-7-10-19(23-13-15)22-12-14-5-8-16(21)9-6-14/h2-11,13H,12H2,1H3,(H,22,23)(H,24,25). The minimum atomic E-state index is -0.265. The van der Waals surface area contributed by atoms with Crippen LogP contribution in [0.25, 0.3) is 0 Å². The minimum Gasteiger partial charge on any atom is -0.497 e. The maximum absolute atomic E-state index is 12.9. The van der Waals surface area contributed by atoms with Crippen LogP contribution >= 0.6 is 0 Å². The van der Waals surface area contributed by atoms with Crippen molar-refractivity contribution in [3.8, 4) is 5.75 Å². The SMILES string of the molecule is COc1cccc(NC(=O)c2ccc(NCc3ccc(F)cc3)nc2)c1. The molecule has 0 aliphatic carbocycles. The summed E-state index contributed by atoms with van der Waals surface area (Å²) in [5.74, 6) is 0.780. The van der Waals surface area contributed by atoms with Crippen molar-refractivity contribution in [3.63, 3.8) is 0 Å². The molecular formula is C20H18FN3O2. The van der Waals surface area contributed by atoms with Crippen molar-refractivity contribution in [1.82, 2.24) is 4.98 Å². The highest BCUT2D eigenvalue weighted by Crippen LogP contribution is 2.17. The molecule has 0 radical (unpaired) electrons. The van der Waals surface area contributed by atoms with Crippen molar-refractivity contribution in [2.24, 2.45) is 0 Å². The van der Waals surface area contributed by atoms with Crippen LogP contribution < -0.4 is 15.4 Å². The summed E-state index contributed by atoms with van der Waals surface area (Å²) in [5.41, 5.74) is 2.03. The Bertz CT molecular complexity index is 880. The van der Waals surface area contributed by atoms with Crippen molar-refractivity contribution in [3.05, 3.63) is 83.8 Å². The third-order valence-corrected chi connectivity index (χ3v) is 3.74.